The van der Waals surface area contributed by atoms with E-state index >= 15 is 0 Å². The van der Waals surface area contributed by atoms with Gasteiger partial charge in [0.05, 0.1) is 9.52 Å². The van der Waals surface area contributed by atoms with Gasteiger partial charge in [-0.2, -0.15) is 0 Å². The molecular formula is C11H10Si. The highest BCUT2D eigenvalue weighted by molar-refractivity contribution is 6.52. The molecule has 0 heterocycles. The quantitative estimate of drug-likeness (QED) is 0.576. The monoisotopic (exact) mass is 170 g/mol. The Morgan fingerprint density at radius 2 is 1.67 bits per heavy atom. The Kier molecular flexibility index (Phi) is 1.96. The molecule has 0 spiro atoms. The van der Waals surface area contributed by atoms with Gasteiger partial charge in [0.1, 0.15) is 0 Å². The average Bonchev–Trinajstić information content (AvgIpc) is 2.17. The molecule has 0 aliphatic heterocycles. The van der Waals surface area contributed by atoms with E-state index in [1.165, 1.54) is 16.0 Å². The van der Waals surface area contributed by atoms with Gasteiger partial charge in [-0.25, -0.2) is 0 Å². The minimum absolute atomic E-state index is 0.893. The van der Waals surface area contributed by atoms with Gasteiger partial charge in [0.25, 0.3) is 0 Å². The van der Waals surface area contributed by atoms with Crippen LogP contribution in [0.25, 0.3) is 10.8 Å². The first-order chi connectivity index (χ1) is 5.90. The molecule has 0 bridgehead atoms. The Morgan fingerprint density at radius 1 is 0.917 bits per heavy atom. The molecule has 2 aromatic rings. The fourth-order valence-corrected chi connectivity index (χ4v) is 1.89. The molecule has 2 rings (SSSR count). The Hall–Kier alpha value is -1.08. The molecule has 2 radical (unpaired) electrons. The summed E-state index contributed by atoms with van der Waals surface area (Å²) in [7, 11) is 0.893. The standard InChI is InChI=1S/C11H10Si/c1-12-11-7-6-9-4-2-3-5-10(9)8-11/h2-8H,1H3. The molecule has 0 aliphatic rings. The van der Waals surface area contributed by atoms with Gasteiger partial charge in [-0.05, 0) is 10.8 Å². The van der Waals surface area contributed by atoms with Crippen LogP contribution in [0.2, 0.25) is 6.55 Å². The number of benzene rings is 2. The van der Waals surface area contributed by atoms with Crippen LogP contribution in [0, 0.1) is 0 Å². The molecule has 0 atom stereocenters. The first-order valence-corrected chi connectivity index (χ1v) is 5.57. The molecule has 0 saturated carbocycles. The summed E-state index contributed by atoms with van der Waals surface area (Å²) >= 11 is 0. The van der Waals surface area contributed by atoms with Crippen molar-refractivity contribution in [1.29, 1.82) is 0 Å². The maximum Gasteiger partial charge on any atom is 0.0773 e. The predicted octanol–water partition coefficient (Wildman–Crippen LogP) is 2.22. The van der Waals surface area contributed by atoms with Crippen LogP contribution >= 0.6 is 0 Å². The Morgan fingerprint density at radius 3 is 2.42 bits per heavy atom. The second kappa shape index (κ2) is 3.11. The van der Waals surface area contributed by atoms with E-state index in [2.05, 4.69) is 49.0 Å². The lowest BCUT2D eigenvalue weighted by molar-refractivity contribution is 1.78. The lowest BCUT2D eigenvalue weighted by atomic mass is 10.1. The SMILES string of the molecule is C[Si]c1ccc2ccccc2c1. The minimum Gasteiger partial charge on any atom is -0.0688 e. The van der Waals surface area contributed by atoms with Gasteiger partial charge >= 0.3 is 0 Å². The van der Waals surface area contributed by atoms with Crippen molar-refractivity contribution in [2.24, 2.45) is 0 Å². The average molecular weight is 170 g/mol. The van der Waals surface area contributed by atoms with Crippen molar-refractivity contribution in [2.75, 3.05) is 0 Å². The van der Waals surface area contributed by atoms with E-state index in [0.29, 0.717) is 0 Å². The molecule has 0 nitrogen and oxygen atoms in total. The van der Waals surface area contributed by atoms with E-state index in [9.17, 15) is 0 Å². The number of rotatable bonds is 1. The number of fused-ring (bicyclic) bond motifs is 1. The second-order valence-corrected chi connectivity index (χ2v) is 3.89. The maximum absolute atomic E-state index is 2.27. The number of hydrogen-bond donors (Lipinski definition) is 0. The van der Waals surface area contributed by atoms with E-state index < -0.39 is 0 Å². The van der Waals surface area contributed by atoms with E-state index in [1.807, 2.05) is 0 Å². The van der Waals surface area contributed by atoms with Crippen molar-refractivity contribution in [2.45, 2.75) is 6.55 Å². The molecule has 0 unspecified atom stereocenters. The first-order valence-electron chi connectivity index (χ1n) is 4.07. The van der Waals surface area contributed by atoms with Crippen LogP contribution < -0.4 is 5.19 Å². The largest absolute Gasteiger partial charge is 0.0773 e. The van der Waals surface area contributed by atoms with E-state index in [-0.39, 0.29) is 0 Å². The van der Waals surface area contributed by atoms with Crippen LogP contribution in [-0.2, 0) is 0 Å². The maximum atomic E-state index is 2.27. The zero-order chi connectivity index (χ0) is 8.39. The molecule has 0 fully saturated rings. The Bertz CT molecular complexity index is 393. The lowest BCUT2D eigenvalue weighted by Gasteiger charge is -1.99. The highest BCUT2D eigenvalue weighted by Gasteiger charge is 1.92. The first kappa shape index (κ1) is 7.56. The van der Waals surface area contributed by atoms with Gasteiger partial charge in [0, 0.05) is 0 Å². The molecular weight excluding hydrogens is 160 g/mol. The fraction of sp³-hybridized carbons (Fsp3) is 0.0909. The van der Waals surface area contributed by atoms with Crippen molar-refractivity contribution >= 4 is 25.5 Å². The summed E-state index contributed by atoms with van der Waals surface area (Å²) in [5.74, 6) is 0. The summed E-state index contributed by atoms with van der Waals surface area (Å²) < 4.78 is 0. The second-order valence-electron chi connectivity index (χ2n) is 2.81. The zero-order valence-corrected chi connectivity index (χ0v) is 8.04. The fourth-order valence-electron chi connectivity index (χ4n) is 1.34. The van der Waals surface area contributed by atoms with Crippen LogP contribution in [0.5, 0.6) is 0 Å². The van der Waals surface area contributed by atoms with Gasteiger partial charge in [-0.15, -0.1) is 0 Å². The summed E-state index contributed by atoms with van der Waals surface area (Å²) in [5, 5.41) is 4.12. The van der Waals surface area contributed by atoms with Crippen LogP contribution in [0.1, 0.15) is 0 Å². The Balaban J connectivity index is 2.67. The van der Waals surface area contributed by atoms with Gasteiger partial charge in [0.15, 0.2) is 0 Å². The Labute approximate surface area is 75.1 Å². The molecule has 0 saturated heterocycles. The molecule has 0 amide bonds. The molecule has 12 heavy (non-hydrogen) atoms. The van der Waals surface area contributed by atoms with Crippen LogP contribution in [0.4, 0.5) is 0 Å². The van der Waals surface area contributed by atoms with Crippen LogP contribution in [0.15, 0.2) is 42.5 Å². The molecule has 2 aromatic carbocycles. The van der Waals surface area contributed by atoms with Crippen LogP contribution in [-0.4, -0.2) is 9.52 Å². The van der Waals surface area contributed by atoms with Gasteiger partial charge in [-0.3, -0.25) is 0 Å². The van der Waals surface area contributed by atoms with Crippen LogP contribution in [0.3, 0.4) is 0 Å². The van der Waals surface area contributed by atoms with Gasteiger partial charge in [-0.1, -0.05) is 54.2 Å². The van der Waals surface area contributed by atoms with Crippen molar-refractivity contribution in [3.63, 3.8) is 0 Å². The third kappa shape index (κ3) is 1.28. The molecule has 58 valence electrons. The molecule has 0 aromatic heterocycles. The smallest absolute Gasteiger partial charge is 0.0688 e. The molecule has 0 N–H and O–H groups in total. The van der Waals surface area contributed by atoms with E-state index in [1.54, 1.807) is 0 Å². The van der Waals surface area contributed by atoms with Gasteiger partial charge in [0.2, 0.25) is 0 Å². The third-order valence-electron chi connectivity index (χ3n) is 2.04. The van der Waals surface area contributed by atoms with Crippen molar-refractivity contribution in [1.82, 2.24) is 0 Å². The molecule has 1 heteroatoms. The zero-order valence-electron chi connectivity index (χ0n) is 7.04. The van der Waals surface area contributed by atoms with Gasteiger partial charge < -0.3 is 0 Å². The van der Waals surface area contributed by atoms with Crippen molar-refractivity contribution in [3.05, 3.63) is 42.5 Å². The molecule has 0 aliphatic carbocycles. The predicted molar refractivity (Wildman–Crippen MR) is 55.2 cm³/mol. The summed E-state index contributed by atoms with van der Waals surface area (Å²) in [6, 6.07) is 15.2. The summed E-state index contributed by atoms with van der Waals surface area (Å²) in [6.45, 7) is 2.21. The number of hydrogen-bond acceptors (Lipinski definition) is 0. The highest BCUT2D eigenvalue weighted by Crippen LogP contribution is 2.10. The van der Waals surface area contributed by atoms with Crippen molar-refractivity contribution in [3.8, 4) is 0 Å². The minimum atomic E-state index is 0.893. The summed E-state index contributed by atoms with van der Waals surface area (Å²) in [4.78, 5) is 0. The van der Waals surface area contributed by atoms with E-state index in [0.717, 1.165) is 9.52 Å². The normalized spacial score (nSPS) is 10.4. The topological polar surface area (TPSA) is 0 Å². The lowest BCUT2D eigenvalue weighted by Crippen LogP contribution is -2.08. The van der Waals surface area contributed by atoms with E-state index in [4.69, 9.17) is 0 Å². The van der Waals surface area contributed by atoms with Crippen molar-refractivity contribution < 1.29 is 0 Å². The summed E-state index contributed by atoms with van der Waals surface area (Å²) in [5.41, 5.74) is 0. The summed E-state index contributed by atoms with van der Waals surface area (Å²) in [6.07, 6.45) is 0. The third-order valence-corrected chi connectivity index (χ3v) is 2.93. The highest BCUT2D eigenvalue weighted by atomic mass is 28.2.